The molecule has 1 aliphatic heterocycles. The van der Waals surface area contributed by atoms with Gasteiger partial charge in [0.2, 0.25) is 0 Å². The minimum absolute atomic E-state index is 0.0541. The smallest absolute Gasteiger partial charge is 0.410 e. The van der Waals surface area contributed by atoms with Crippen LogP contribution in [0, 0.1) is 11.8 Å². The third kappa shape index (κ3) is 3.61. The number of hydrogen-bond acceptors (Lipinski definition) is 3. The van der Waals surface area contributed by atoms with Gasteiger partial charge >= 0.3 is 12.1 Å². The maximum Gasteiger partial charge on any atom is 0.410 e. The lowest BCUT2D eigenvalue weighted by Gasteiger charge is -2.45. The molecule has 2 rings (SSSR count). The molecule has 1 saturated carbocycles. The molecule has 0 aromatic heterocycles. The Hall–Kier alpha value is -1.26. The summed E-state index contributed by atoms with van der Waals surface area (Å²) >= 11 is 0. The van der Waals surface area contributed by atoms with Crippen LogP contribution in [0.2, 0.25) is 0 Å². The van der Waals surface area contributed by atoms with Crippen molar-refractivity contribution in [3.05, 3.63) is 0 Å². The second-order valence-electron chi connectivity index (χ2n) is 6.63. The van der Waals surface area contributed by atoms with E-state index in [4.69, 9.17) is 9.84 Å². The number of ether oxygens (including phenoxy) is 1. The highest BCUT2D eigenvalue weighted by Gasteiger charge is 2.46. The second-order valence-corrected chi connectivity index (χ2v) is 6.63. The summed E-state index contributed by atoms with van der Waals surface area (Å²) in [5.74, 6) is -0.196. The molecule has 5 nitrogen and oxygen atoms in total. The first-order valence-corrected chi connectivity index (χ1v) is 6.99. The zero-order valence-corrected chi connectivity index (χ0v) is 11.9. The van der Waals surface area contributed by atoms with Crippen LogP contribution in [0.15, 0.2) is 0 Å². The Balaban J connectivity index is 1.96. The molecular weight excluding hydrogens is 246 g/mol. The molecule has 1 N–H and O–H groups in total. The van der Waals surface area contributed by atoms with E-state index in [-0.39, 0.29) is 24.5 Å². The first-order chi connectivity index (χ1) is 8.78. The van der Waals surface area contributed by atoms with Crippen molar-refractivity contribution in [3.8, 4) is 0 Å². The van der Waals surface area contributed by atoms with Gasteiger partial charge in [0, 0.05) is 12.6 Å². The molecule has 5 heteroatoms. The fourth-order valence-electron chi connectivity index (χ4n) is 2.74. The van der Waals surface area contributed by atoms with Crippen molar-refractivity contribution in [2.24, 2.45) is 11.8 Å². The molecule has 0 aromatic rings. The third-order valence-corrected chi connectivity index (χ3v) is 3.83. The van der Waals surface area contributed by atoms with Crippen LogP contribution in [-0.2, 0) is 9.53 Å². The Kier molecular flexibility index (Phi) is 3.74. The summed E-state index contributed by atoms with van der Waals surface area (Å²) in [7, 11) is 0. The number of aliphatic carboxylic acids is 1. The van der Waals surface area contributed by atoms with Crippen LogP contribution < -0.4 is 0 Å². The van der Waals surface area contributed by atoms with Gasteiger partial charge in [0.25, 0.3) is 0 Å². The van der Waals surface area contributed by atoms with Gasteiger partial charge in [0.05, 0.1) is 6.42 Å². The highest BCUT2D eigenvalue weighted by atomic mass is 16.6. The van der Waals surface area contributed by atoms with Crippen LogP contribution in [0.3, 0.4) is 0 Å². The van der Waals surface area contributed by atoms with E-state index in [2.05, 4.69) is 0 Å². The first-order valence-electron chi connectivity index (χ1n) is 6.99. The molecule has 2 atom stereocenters. The zero-order valence-electron chi connectivity index (χ0n) is 11.9. The molecule has 19 heavy (non-hydrogen) atoms. The topological polar surface area (TPSA) is 66.8 Å². The van der Waals surface area contributed by atoms with Gasteiger partial charge < -0.3 is 14.7 Å². The predicted molar refractivity (Wildman–Crippen MR) is 69.8 cm³/mol. The predicted octanol–water partition coefficient (Wildman–Crippen LogP) is 2.50. The SMILES string of the molecule is CC(C)(C)OC(=O)N1CCC1C(CC(=O)O)C1CC1. The lowest BCUT2D eigenvalue weighted by molar-refractivity contribution is -0.139. The summed E-state index contributed by atoms with van der Waals surface area (Å²) in [4.78, 5) is 24.7. The fraction of sp³-hybridized carbons (Fsp3) is 0.857. The van der Waals surface area contributed by atoms with E-state index in [9.17, 15) is 9.59 Å². The van der Waals surface area contributed by atoms with Gasteiger partial charge in [-0.1, -0.05) is 0 Å². The molecule has 2 unspecified atom stereocenters. The molecule has 0 aromatic carbocycles. The maximum atomic E-state index is 12.0. The summed E-state index contributed by atoms with van der Waals surface area (Å²) in [5.41, 5.74) is -0.501. The molecule has 0 radical (unpaired) electrons. The van der Waals surface area contributed by atoms with Crippen LogP contribution in [0.5, 0.6) is 0 Å². The minimum Gasteiger partial charge on any atom is -0.481 e. The Morgan fingerprint density at radius 3 is 2.32 bits per heavy atom. The van der Waals surface area contributed by atoms with E-state index in [1.54, 1.807) is 4.90 Å². The second kappa shape index (κ2) is 5.02. The van der Waals surface area contributed by atoms with Crippen LogP contribution in [0.25, 0.3) is 0 Å². The van der Waals surface area contributed by atoms with E-state index in [0.29, 0.717) is 12.5 Å². The van der Waals surface area contributed by atoms with Gasteiger partial charge in [-0.15, -0.1) is 0 Å². The lowest BCUT2D eigenvalue weighted by Crippen LogP contribution is -2.56. The number of hydrogen-bond donors (Lipinski definition) is 1. The standard InChI is InChI=1S/C14H23NO4/c1-14(2,3)19-13(18)15-7-6-11(15)10(8-12(16)17)9-4-5-9/h9-11H,4-8H2,1-3H3,(H,16,17). The lowest BCUT2D eigenvalue weighted by atomic mass is 9.83. The van der Waals surface area contributed by atoms with E-state index < -0.39 is 11.6 Å². The van der Waals surface area contributed by atoms with Crippen molar-refractivity contribution in [2.45, 2.75) is 58.1 Å². The van der Waals surface area contributed by atoms with Gasteiger partial charge in [-0.3, -0.25) is 4.79 Å². The molecule has 2 aliphatic rings. The van der Waals surface area contributed by atoms with Crippen LogP contribution in [-0.4, -0.2) is 40.3 Å². The van der Waals surface area contributed by atoms with E-state index in [1.807, 2.05) is 20.8 Å². The average molecular weight is 269 g/mol. The highest BCUT2D eigenvalue weighted by Crippen LogP contribution is 2.44. The fourth-order valence-corrected chi connectivity index (χ4v) is 2.74. The Morgan fingerprint density at radius 2 is 1.95 bits per heavy atom. The molecule has 1 aliphatic carbocycles. The largest absolute Gasteiger partial charge is 0.481 e. The average Bonchev–Trinajstić information content (AvgIpc) is 2.92. The van der Waals surface area contributed by atoms with Crippen molar-refractivity contribution in [1.82, 2.24) is 4.90 Å². The molecule has 108 valence electrons. The van der Waals surface area contributed by atoms with Crippen LogP contribution in [0.4, 0.5) is 4.79 Å². The van der Waals surface area contributed by atoms with Crippen molar-refractivity contribution in [1.29, 1.82) is 0 Å². The number of amides is 1. The molecule has 0 bridgehead atoms. The summed E-state index contributed by atoms with van der Waals surface area (Å²) in [6.45, 7) is 6.21. The molecule has 1 amide bonds. The zero-order chi connectivity index (χ0) is 14.2. The van der Waals surface area contributed by atoms with Crippen molar-refractivity contribution >= 4 is 12.1 Å². The van der Waals surface area contributed by atoms with Crippen molar-refractivity contribution < 1.29 is 19.4 Å². The number of carboxylic acid groups (broad SMARTS) is 1. The minimum atomic E-state index is -0.770. The molecular formula is C14H23NO4. The van der Waals surface area contributed by atoms with Gasteiger partial charge in [-0.2, -0.15) is 0 Å². The monoisotopic (exact) mass is 269 g/mol. The summed E-state index contributed by atoms with van der Waals surface area (Å²) < 4.78 is 5.37. The van der Waals surface area contributed by atoms with E-state index in [1.165, 1.54) is 0 Å². The summed E-state index contributed by atoms with van der Waals surface area (Å²) in [5, 5.41) is 9.01. The summed E-state index contributed by atoms with van der Waals surface area (Å²) in [6.07, 6.45) is 2.94. The normalized spacial score (nSPS) is 24.6. The van der Waals surface area contributed by atoms with Gasteiger partial charge in [-0.25, -0.2) is 4.79 Å². The van der Waals surface area contributed by atoms with Crippen LogP contribution in [0.1, 0.15) is 46.5 Å². The number of rotatable bonds is 4. The molecule has 1 heterocycles. The Labute approximate surface area is 113 Å². The number of carbonyl (C=O) groups is 2. The molecule has 2 fully saturated rings. The number of carboxylic acids is 1. The van der Waals surface area contributed by atoms with Crippen molar-refractivity contribution in [2.75, 3.05) is 6.54 Å². The van der Waals surface area contributed by atoms with Crippen LogP contribution >= 0.6 is 0 Å². The van der Waals surface area contributed by atoms with Gasteiger partial charge in [-0.05, 0) is 51.9 Å². The summed E-state index contributed by atoms with van der Waals surface area (Å²) in [6, 6.07) is 0.0541. The Bertz CT molecular complexity index is 370. The third-order valence-electron chi connectivity index (χ3n) is 3.83. The number of nitrogens with zero attached hydrogens (tertiary/aromatic N) is 1. The maximum absolute atomic E-state index is 12.0. The Morgan fingerprint density at radius 1 is 1.32 bits per heavy atom. The quantitative estimate of drug-likeness (QED) is 0.851. The van der Waals surface area contributed by atoms with E-state index in [0.717, 1.165) is 19.3 Å². The van der Waals surface area contributed by atoms with Gasteiger partial charge in [0.1, 0.15) is 5.60 Å². The highest BCUT2D eigenvalue weighted by molar-refractivity contribution is 5.70. The molecule has 0 spiro atoms. The van der Waals surface area contributed by atoms with Gasteiger partial charge in [0.15, 0.2) is 0 Å². The van der Waals surface area contributed by atoms with Crippen molar-refractivity contribution in [3.63, 3.8) is 0 Å². The molecule has 1 saturated heterocycles. The first kappa shape index (κ1) is 14.2. The van der Waals surface area contributed by atoms with E-state index >= 15 is 0 Å². The number of likely N-dealkylation sites (tertiary alicyclic amines) is 1. The number of carbonyl (C=O) groups excluding carboxylic acids is 1.